The standard InChI is InChI=1S/C20H19FN2O/c1-20(2,3)14-8-9-16(17(21)11-14)19(24)23-15-10-13-6-4-5-7-18(13)22-12-15/h4-12H,1-3H3,(H,23,24). The minimum atomic E-state index is -0.520. The molecule has 1 N–H and O–H groups in total. The van der Waals surface area contributed by atoms with Gasteiger partial charge in [0.05, 0.1) is 23.0 Å². The van der Waals surface area contributed by atoms with Crippen LogP contribution in [0.15, 0.2) is 54.7 Å². The number of nitrogens with zero attached hydrogens (tertiary/aromatic N) is 1. The van der Waals surface area contributed by atoms with E-state index in [1.54, 1.807) is 12.3 Å². The molecule has 3 aromatic rings. The lowest BCUT2D eigenvalue weighted by Gasteiger charge is -2.19. The number of benzene rings is 2. The van der Waals surface area contributed by atoms with Gasteiger partial charge in [-0.1, -0.05) is 45.0 Å². The van der Waals surface area contributed by atoms with Crippen LogP contribution < -0.4 is 5.32 Å². The topological polar surface area (TPSA) is 42.0 Å². The zero-order valence-corrected chi connectivity index (χ0v) is 13.9. The SMILES string of the molecule is CC(C)(C)c1ccc(C(=O)Nc2cnc3ccccc3c2)c(F)c1. The summed E-state index contributed by atoms with van der Waals surface area (Å²) in [5, 5.41) is 3.62. The molecule has 1 amide bonds. The van der Waals surface area contributed by atoms with E-state index in [-0.39, 0.29) is 11.0 Å². The molecule has 0 unspecified atom stereocenters. The van der Waals surface area contributed by atoms with Crippen molar-refractivity contribution >= 4 is 22.5 Å². The van der Waals surface area contributed by atoms with Crippen molar-refractivity contribution in [2.24, 2.45) is 0 Å². The Hall–Kier alpha value is -2.75. The van der Waals surface area contributed by atoms with E-state index in [1.165, 1.54) is 12.1 Å². The van der Waals surface area contributed by atoms with Crippen molar-refractivity contribution in [2.75, 3.05) is 5.32 Å². The maximum atomic E-state index is 14.3. The molecular weight excluding hydrogens is 303 g/mol. The monoisotopic (exact) mass is 322 g/mol. The van der Waals surface area contributed by atoms with E-state index < -0.39 is 11.7 Å². The Kier molecular flexibility index (Phi) is 4.06. The average Bonchev–Trinajstić information content (AvgIpc) is 2.53. The van der Waals surface area contributed by atoms with Gasteiger partial charge in [0.15, 0.2) is 0 Å². The van der Waals surface area contributed by atoms with Crippen LogP contribution in [0.25, 0.3) is 10.9 Å². The van der Waals surface area contributed by atoms with Crippen molar-refractivity contribution in [3.05, 3.63) is 71.7 Å². The maximum absolute atomic E-state index is 14.3. The van der Waals surface area contributed by atoms with Crippen LogP contribution in [-0.4, -0.2) is 10.9 Å². The highest BCUT2D eigenvalue weighted by Crippen LogP contribution is 2.24. The number of hydrogen-bond donors (Lipinski definition) is 1. The van der Waals surface area contributed by atoms with Gasteiger partial charge in [-0.25, -0.2) is 4.39 Å². The third-order valence-corrected chi connectivity index (χ3v) is 3.93. The number of halogens is 1. The van der Waals surface area contributed by atoms with Gasteiger partial charge in [-0.15, -0.1) is 0 Å². The number of hydrogen-bond acceptors (Lipinski definition) is 2. The molecule has 0 atom stereocenters. The number of anilines is 1. The summed E-state index contributed by atoms with van der Waals surface area (Å²) in [7, 11) is 0. The van der Waals surface area contributed by atoms with E-state index in [1.807, 2.05) is 51.1 Å². The van der Waals surface area contributed by atoms with Gasteiger partial charge in [0, 0.05) is 5.39 Å². The van der Waals surface area contributed by atoms with Crippen molar-refractivity contribution in [3.63, 3.8) is 0 Å². The fraction of sp³-hybridized carbons (Fsp3) is 0.200. The normalized spacial score (nSPS) is 11.5. The first kappa shape index (κ1) is 16.1. The molecule has 4 heteroatoms. The molecule has 0 fully saturated rings. The third kappa shape index (κ3) is 3.27. The molecule has 0 aliphatic heterocycles. The van der Waals surface area contributed by atoms with Crippen LogP contribution in [-0.2, 0) is 5.41 Å². The predicted molar refractivity (Wildman–Crippen MR) is 94.8 cm³/mol. The second kappa shape index (κ2) is 6.04. The Balaban J connectivity index is 1.86. The molecule has 3 rings (SSSR count). The first-order valence-electron chi connectivity index (χ1n) is 7.81. The Morgan fingerprint density at radius 2 is 1.83 bits per heavy atom. The van der Waals surface area contributed by atoms with Crippen LogP contribution in [0.4, 0.5) is 10.1 Å². The second-order valence-corrected chi connectivity index (χ2v) is 6.82. The summed E-state index contributed by atoms with van der Waals surface area (Å²) in [4.78, 5) is 16.6. The molecule has 0 saturated carbocycles. The molecular formula is C20H19FN2O. The smallest absolute Gasteiger partial charge is 0.258 e. The second-order valence-electron chi connectivity index (χ2n) is 6.82. The van der Waals surface area contributed by atoms with Gasteiger partial charge in [-0.3, -0.25) is 9.78 Å². The number of carbonyl (C=O) groups is 1. The Morgan fingerprint density at radius 1 is 1.08 bits per heavy atom. The number of amides is 1. The maximum Gasteiger partial charge on any atom is 0.258 e. The molecule has 0 bridgehead atoms. The van der Waals surface area contributed by atoms with Crippen LogP contribution >= 0.6 is 0 Å². The molecule has 0 aliphatic rings. The summed E-state index contributed by atoms with van der Waals surface area (Å²) in [5.74, 6) is -1.00. The lowest BCUT2D eigenvalue weighted by atomic mass is 9.86. The third-order valence-electron chi connectivity index (χ3n) is 3.93. The number of para-hydroxylation sites is 1. The molecule has 0 saturated heterocycles. The van der Waals surface area contributed by atoms with Gasteiger partial charge >= 0.3 is 0 Å². The highest BCUT2D eigenvalue weighted by molar-refractivity contribution is 6.05. The molecule has 122 valence electrons. The van der Waals surface area contributed by atoms with E-state index in [0.717, 1.165) is 16.5 Å². The molecule has 1 aromatic heterocycles. The zero-order chi connectivity index (χ0) is 17.3. The van der Waals surface area contributed by atoms with Crippen molar-refractivity contribution in [3.8, 4) is 0 Å². The summed E-state index contributed by atoms with van der Waals surface area (Å²) in [6.45, 7) is 6.01. The predicted octanol–water partition coefficient (Wildman–Crippen LogP) is 4.92. The van der Waals surface area contributed by atoms with Crippen LogP contribution in [0.1, 0.15) is 36.7 Å². The highest BCUT2D eigenvalue weighted by atomic mass is 19.1. The fourth-order valence-electron chi connectivity index (χ4n) is 2.50. The van der Waals surface area contributed by atoms with E-state index in [2.05, 4.69) is 10.3 Å². The number of fused-ring (bicyclic) bond motifs is 1. The summed E-state index contributed by atoms with van der Waals surface area (Å²) < 4.78 is 14.3. The Bertz CT molecular complexity index is 913. The molecule has 24 heavy (non-hydrogen) atoms. The molecule has 0 aliphatic carbocycles. The first-order chi connectivity index (χ1) is 11.3. The number of nitrogens with one attached hydrogen (secondary N) is 1. The molecule has 1 heterocycles. The lowest BCUT2D eigenvalue weighted by molar-refractivity contribution is 0.102. The largest absolute Gasteiger partial charge is 0.320 e. The zero-order valence-electron chi connectivity index (χ0n) is 13.9. The van der Waals surface area contributed by atoms with Gasteiger partial charge in [0.2, 0.25) is 0 Å². The van der Waals surface area contributed by atoms with Crippen molar-refractivity contribution in [1.29, 1.82) is 0 Å². The van der Waals surface area contributed by atoms with Crippen molar-refractivity contribution in [1.82, 2.24) is 4.98 Å². The Morgan fingerprint density at radius 3 is 2.54 bits per heavy atom. The summed E-state index contributed by atoms with van der Waals surface area (Å²) in [6, 6.07) is 14.2. The van der Waals surface area contributed by atoms with Crippen molar-refractivity contribution < 1.29 is 9.18 Å². The summed E-state index contributed by atoms with van der Waals surface area (Å²) >= 11 is 0. The van der Waals surface area contributed by atoms with Gasteiger partial charge in [-0.05, 0) is 35.2 Å². The van der Waals surface area contributed by atoms with Crippen LogP contribution in [0.2, 0.25) is 0 Å². The first-order valence-corrected chi connectivity index (χ1v) is 7.81. The van der Waals surface area contributed by atoms with Gasteiger partial charge in [-0.2, -0.15) is 0 Å². The molecule has 2 aromatic carbocycles. The van der Waals surface area contributed by atoms with E-state index in [4.69, 9.17) is 0 Å². The van der Waals surface area contributed by atoms with Crippen LogP contribution in [0, 0.1) is 5.82 Å². The average molecular weight is 322 g/mol. The summed E-state index contributed by atoms with van der Waals surface area (Å²) in [5.41, 5.74) is 2.09. The molecule has 3 nitrogen and oxygen atoms in total. The van der Waals surface area contributed by atoms with Crippen molar-refractivity contribution in [2.45, 2.75) is 26.2 Å². The van der Waals surface area contributed by atoms with E-state index >= 15 is 0 Å². The molecule has 0 spiro atoms. The number of rotatable bonds is 2. The number of aromatic nitrogens is 1. The minimum absolute atomic E-state index is 0.0242. The summed E-state index contributed by atoms with van der Waals surface area (Å²) in [6.07, 6.45) is 1.57. The van der Waals surface area contributed by atoms with Gasteiger partial charge in [0.25, 0.3) is 5.91 Å². The van der Waals surface area contributed by atoms with Crippen LogP contribution in [0.3, 0.4) is 0 Å². The van der Waals surface area contributed by atoms with E-state index in [0.29, 0.717) is 5.69 Å². The fourth-order valence-corrected chi connectivity index (χ4v) is 2.50. The van der Waals surface area contributed by atoms with Gasteiger partial charge in [0.1, 0.15) is 5.82 Å². The number of carbonyl (C=O) groups excluding carboxylic acids is 1. The lowest BCUT2D eigenvalue weighted by Crippen LogP contribution is -2.16. The van der Waals surface area contributed by atoms with Crippen LogP contribution in [0.5, 0.6) is 0 Å². The quantitative estimate of drug-likeness (QED) is 0.727. The van der Waals surface area contributed by atoms with Gasteiger partial charge < -0.3 is 5.32 Å². The Labute approximate surface area is 140 Å². The van der Waals surface area contributed by atoms with E-state index in [9.17, 15) is 9.18 Å². The highest BCUT2D eigenvalue weighted by Gasteiger charge is 2.18. The minimum Gasteiger partial charge on any atom is -0.320 e. The number of pyridine rings is 1. The molecule has 0 radical (unpaired) electrons.